The van der Waals surface area contributed by atoms with Gasteiger partial charge in [0.15, 0.2) is 0 Å². The molecule has 1 aromatic carbocycles. The minimum Gasteiger partial charge on any atom is -0.138 e. The maximum absolute atomic E-state index is 2.80. The first-order valence-corrected chi connectivity index (χ1v) is 6.49. The SMILES string of the molecule is PCCCCCCCc1ccccc1. The van der Waals surface area contributed by atoms with Gasteiger partial charge in [-0.05, 0) is 31.0 Å². The summed E-state index contributed by atoms with van der Waals surface area (Å²) in [6.07, 6.45) is 9.43. The van der Waals surface area contributed by atoms with Crippen LogP contribution in [0.25, 0.3) is 0 Å². The van der Waals surface area contributed by atoms with Crippen molar-refractivity contribution in [1.82, 2.24) is 0 Å². The Morgan fingerprint density at radius 1 is 0.786 bits per heavy atom. The molecule has 0 N–H and O–H groups in total. The highest BCUT2D eigenvalue weighted by Gasteiger charge is 1.92. The van der Waals surface area contributed by atoms with Crippen LogP contribution in [0.4, 0.5) is 0 Å². The molecule has 78 valence electrons. The summed E-state index contributed by atoms with van der Waals surface area (Å²) in [5.41, 5.74) is 1.48. The first kappa shape index (κ1) is 11.7. The second-order valence-electron chi connectivity index (χ2n) is 3.79. The molecule has 0 aliphatic rings. The molecule has 0 amide bonds. The highest BCUT2D eigenvalue weighted by molar-refractivity contribution is 7.16. The summed E-state index contributed by atoms with van der Waals surface area (Å²) in [6, 6.07) is 10.8. The minimum absolute atomic E-state index is 1.25. The fraction of sp³-hybridized carbons (Fsp3) is 0.538. The number of hydrogen-bond donors (Lipinski definition) is 0. The molecular weight excluding hydrogens is 187 g/mol. The van der Waals surface area contributed by atoms with E-state index >= 15 is 0 Å². The van der Waals surface area contributed by atoms with Crippen LogP contribution >= 0.6 is 9.24 Å². The van der Waals surface area contributed by atoms with Crippen LogP contribution in [0.5, 0.6) is 0 Å². The Balaban J connectivity index is 1.99. The predicted molar refractivity (Wildman–Crippen MR) is 67.8 cm³/mol. The van der Waals surface area contributed by atoms with E-state index in [1.165, 1.54) is 50.3 Å². The van der Waals surface area contributed by atoms with E-state index in [9.17, 15) is 0 Å². The molecule has 0 fully saturated rings. The molecule has 0 aliphatic heterocycles. The molecule has 14 heavy (non-hydrogen) atoms. The maximum Gasteiger partial charge on any atom is -0.0279 e. The second kappa shape index (κ2) is 8.00. The molecule has 0 radical (unpaired) electrons. The zero-order chi connectivity index (χ0) is 10.1. The fourth-order valence-corrected chi connectivity index (χ4v) is 1.94. The lowest BCUT2D eigenvalue weighted by Crippen LogP contribution is -1.85. The topological polar surface area (TPSA) is 0 Å². The van der Waals surface area contributed by atoms with Crippen LogP contribution in [0.2, 0.25) is 0 Å². The Labute approximate surface area is 90.3 Å². The molecular formula is C13H21P. The first-order valence-electron chi connectivity index (χ1n) is 5.67. The zero-order valence-corrected chi connectivity index (χ0v) is 10.1. The van der Waals surface area contributed by atoms with E-state index in [1.54, 1.807) is 0 Å². The van der Waals surface area contributed by atoms with Gasteiger partial charge in [-0.1, -0.05) is 49.6 Å². The Morgan fingerprint density at radius 2 is 1.43 bits per heavy atom. The predicted octanol–water partition coefficient (Wildman–Crippen LogP) is 4.05. The van der Waals surface area contributed by atoms with Crippen molar-refractivity contribution < 1.29 is 0 Å². The van der Waals surface area contributed by atoms with Gasteiger partial charge in [0.05, 0.1) is 0 Å². The van der Waals surface area contributed by atoms with Gasteiger partial charge in [-0.25, -0.2) is 0 Å². The number of rotatable bonds is 7. The van der Waals surface area contributed by atoms with E-state index in [2.05, 4.69) is 39.6 Å². The van der Waals surface area contributed by atoms with Crippen molar-refractivity contribution >= 4 is 9.24 Å². The van der Waals surface area contributed by atoms with Crippen LogP contribution in [0.15, 0.2) is 30.3 Å². The first-order chi connectivity index (χ1) is 6.93. The third-order valence-electron chi connectivity index (χ3n) is 2.51. The molecule has 0 aliphatic carbocycles. The Kier molecular flexibility index (Phi) is 6.70. The van der Waals surface area contributed by atoms with Crippen LogP contribution in [0.1, 0.15) is 37.7 Å². The van der Waals surface area contributed by atoms with Crippen molar-refractivity contribution in [1.29, 1.82) is 0 Å². The molecule has 0 bridgehead atoms. The second-order valence-corrected chi connectivity index (χ2v) is 4.37. The highest BCUT2D eigenvalue weighted by Crippen LogP contribution is 2.09. The van der Waals surface area contributed by atoms with Gasteiger partial charge in [-0.2, -0.15) is 0 Å². The van der Waals surface area contributed by atoms with Crippen molar-refractivity contribution in [3.8, 4) is 0 Å². The van der Waals surface area contributed by atoms with E-state index in [1.807, 2.05) is 0 Å². The number of benzene rings is 1. The molecule has 1 unspecified atom stereocenters. The smallest absolute Gasteiger partial charge is 0.0279 e. The average molecular weight is 208 g/mol. The number of unbranched alkanes of at least 4 members (excludes halogenated alkanes) is 4. The molecule has 0 spiro atoms. The Bertz CT molecular complexity index is 218. The molecule has 0 saturated heterocycles. The van der Waals surface area contributed by atoms with E-state index in [0.29, 0.717) is 0 Å². The van der Waals surface area contributed by atoms with Crippen molar-refractivity contribution in [3.05, 3.63) is 35.9 Å². The normalized spacial score (nSPS) is 10.4. The summed E-state index contributed by atoms with van der Waals surface area (Å²) in [5, 5.41) is 0. The van der Waals surface area contributed by atoms with Gasteiger partial charge in [0.1, 0.15) is 0 Å². The third-order valence-corrected chi connectivity index (χ3v) is 2.92. The van der Waals surface area contributed by atoms with Crippen molar-refractivity contribution in [3.63, 3.8) is 0 Å². The lowest BCUT2D eigenvalue weighted by molar-refractivity contribution is 0.634. The maximum atomic E-state index is 2.80. The molecule has 0 aromatic heterocycles. The fourth-order valence-electron chi connectivity index (χ4n) is 1.65. The third kappa shape index (κ3) is 5.40. The zero-order valence-electron chi connectivity index (χ0n) is 8.91. The van der Waals surface area contributed by atoms with Gasteiger partial charge >= 0.3 is 0 Å². The van der Waals surface area contributed by atoms with Crippen LogP contribution in [-0.2, 0) is 6.42 Å². The van der Waals surface area contributed by atoms with Crippen LogP contribution in [0.3, 0.4) is 0 Å². The molecule has 1 heteroatoms. The monoisotopic (exact) mass is 208 g/mol. The molecule has 1 atom stereocenters. The summed E-state index contributed by atoms with van der Waals surface area (Å²) in [7, 11) is 2.80. The van der Waals surface area contributed by atoms with E-state index in [-0.39, 0.29) is 0 Å². The van der Waals surface area contributed by atoms with Crippen molar-refractivity contribution in [2.45, 2.75) is 38.5 Å². The van der Waals surface area contributed by atoms with E-state index < -0.39 is 0 Å². The van der Waals surface area contributed by atoms with Gasteiger partial charge in [-0.15, -0.1) is 9.24 Å². The lowest BCUT2D eigenvalue weighted by Gasteiger charge is -2.01. The summed E-state index contributed by atoms with van der Waals surface area (Å²) >= 11 is 0. The van der Waals surface area contributed by atoms with Crippen molar-refractivity contribution in [2.24, 2.45) is 0 Å². The summed E-state index contributed by atoms with van der Waals surface area (Å²) in [4.78, 5) is 0. The summed E-state index contributed by atoms with van der Waals surface area (Å²) in [5.74, 6) is 0. The van der Waals surface area contributed by atoms with Gasteiger partial charge in [0.2, 0.25) is 0 Å². The van der Waals surface area contributed by atoms with E-state index in [4.69, 9.17) is 0 Å². The van der Waals surface area contributed by atoms with E-state index in [0.717, 1.165) is 0 Å². The quantitative estimate of drug-likeness (QED) is 0.468. The molecule has 0 saturated carbocycles. The Hall–Kier alpha value is -0.350. The van der Waals surface area contributed by atoms with Gasteiger partial charge in [-0.3, -0.25) is 0 Å². The molecule has 1 rings (SSSR count). The van der Waals surface area contributed by atoms with Crippen LogP contribution < -0.4 is 0 Å². The molecule has 0 heterocycles. The minimum atomic E-state index is 1.25. The number of hydrogen-bond acceptors (Lipinski definition) is 0. The standard InChI is InChI=1S/C13H21P/c14-12-8-3-1-2-5-9-13-10-6-4-7-11-13/h4,6-7,10-11H,1-3,5,8-9,12,14H2. The van der Waals surface area contributed by atoms with Crippen LogP contribution in [0, 0.1) is 0 Å². The molecule has 0 nitrogen and oxygen atoms in total. The van der Waals surface area contributed by atoms with Gasteiger partial charge in [0, 0.05) is 0 Å². The summed E-state index contributed by atoms with van der Waals surface area (Å²) < 4.78 is 0. The molecule has 1 aromatic rings. The highest BCUT2D eigenvalue weighted by atomic mass is 31.0. The van der Waals surface area contributed by atoms with Gasteiger partial charge < -0.3 is 0 Å². The lowest BCUT2D eigenvalue weighted by atomic mass is 10.1. The van der Waals surface area contributed by atoms with Crippen molar-refractivity contribution in [2.75, 3.05) is 6.16 Å². The Morgan fingerprint density at radius 3 is 2.14 bits per heavy atom. The number of aryl methyl sites for hydroxylation is 1. The summed E-state index contributed by atoms with van der Waals surface area (Å²) in [6.45, 7) is 0. The largest absolute Gasteiger partial charge is 0.138 e. The van der Waals surface area contributed by atoms with Crippen LogP contribution in [-0.4, -0.2) is 6.16 Å². The van der Waals surface area contributed by atoms with Gasteiger partial charge in [0.25, 0.3) is 0 Å². The average Bonchev–Trinajstić information content (AvgIpc) is 2.25.